The summed E-state index contributed by atoms with van der Waals surface area (Å²) in [4.78, 5) is 12.1. The monoisotopic (exact) mass is 433 g/mol. The molecule has 0 unspecified atom stereocenters. The third-order valence-electron chi connectivity index (χ3n) is 5.71. The molecule has 0 amide bonds. The molecule has 4 nitrogen and oxygen atoms in total. The summed E-state index contributed by atoms with van der Waals surface area (Å²) in [5.74, 6) is -0.495. The molecule has 0 spiro atoms. The maximum absolute atomic E-state index is 12.1. The average molecular weight is 434 g/mol. The van der Waals surface area contributed by atoms with Crippen LogP contribution in [0.15, 0.2) is 101 Å². The van der Waals surface area contributed by atoms with Gasteiger partial charge in [0.1, 0.15) is 5.58 Å². The fraction of sp³-hybridized carbons (Fsp3) is 0.0690. The Bertz CT molecular complexity index is 1430. The van der Waals surface area contributed by atoms with E-state index in [1.165, 1.54) is 11.1 Å². The van der Waals surface area contributed by atoms with Gasteiger partial charge in [0.2, 0.25) is 5.76 Å². The highest BCUT2D eigenvalue weighted by atomic mass is 16.5. The predicted molar refractivity (Wildman–Crippen MR) is 133 cm³/mol. The van der Waals surface area contributed by atoms with Crippen LogP contribution in [0.25, 0.3) is 44.3 Å². The summed E-state index contributed by atoms with van der Waals surface area (Å²) in [5.41, 5.74) is 13.8. The van der Waals surface area contributed by atoms with Gasteiger partial charge in [-0.2, -0.15) is 0 Å². The maximum atomic E-state index is 12.1. The summed E-state index contributed by atoms with van der Waals surface area (Å²) in [6.07, 6.45) is 0. The van der Waals surface area contributed by atoms with E-state index in [0.717, 1.165) is 22.3 Å². The molecule has 1 heterocycles. The number of nitrogen functional groups attached to an aromatic ring is 1. The number of anilines is 1. The smallest absolute Gasteiger partial charge is 0.376 e. The molecule has 0 aliphatic rings. The number of rotatable bonds is 5. The number of carbonyl (C=O) groups excluding carboxylic acids is 1. The molecule has 162 valence electrons. The second kappa shape index (κ2) is 8.67. The number of benzene rings is 4. The summed E-state index contributed by atoms with van der Waals surface area (Å²) in [5, 5.41) is 0.702. The lowest BCUT2D eigenvalue weighted by Crippen LogP contribution is -2.05. The molecule has 2 N–H and O–H groups in total. The first kappa shape index (κ1) is 20.6. The Labute approximate surface area is 192 Å². The van der Waals surface area contributed by atoms with Crippen LogP contribution in [0.3, 0.4) is 0 Å². The first-order chi connectivity index (χ1) is 16.1. The first-order valence-electron chi connectivity index (χ1n) is 10.9. The fourth-order valence-corrected chi connectivity index (χ4v) is 4.01. The molecule has 4 heteroatoms. The van der Waals surface area contributed by atoms with Crippen molar-refractivity contribution < 1.29 is 13.9 Å². The largest absolute Gasteiger partial charge is 0.460 e. The van der Waals surface area contributed by atoms with Crippen LogP contribution in [0.5, 0.6) is 0 Å². The van der Waals surface area contributed by atoms with Gasteiger partial charge in [0.25, 0.3) is 0 Å². The van der Waals surface area contributed by atoms with Crippen molar-refractivity contribution in [3.05, 3.63) is 103 Å². The summed E-state index contributed by atoms with van der Waals surface area (Å²) in [6.45, 7) is 2.01. The van der Waals surface area contributed by atoms with Crippen molar-refractivity contribution in [1.82, 2.24) is 0 Å². The van der Waals surface area contributed by atoms with Gasteiger partial charge in [0.05, 0.1) is 12.3 Å². The SMILES string of the molecule is CCOC(=O)c1oc2ccc(-c3cccc(-c4ccc(-c5ccccc5)cc4)c3)cc2c1N. The van der Waals surface area contributed by atoms with E-state index in [2.05, 4.69) is 54.6 Å². The minimum absolute atomic E-state index is 0.0521. The van der Waals surface area contributed by atoms with E-state index in [1.54, 1.807) is 6.92 Å². The van der Waals surface area contributed by atoms with Crippen LogP contribution in [0.2, 0.25) is 0 Å². The van der Waals surface area contributed by atoms with E-state index in [1.807, 2.05) is 42.5 Å². The number of carbonyl (C=O) groups is 1. The summed E-state index contributed by atoms with van der Waals surface area (Å²) in [7, 11) is 0. The molecule has 33 heavy (non-hydrogen) atoms. The molecule has 5 aromatic rings. The van der Waals surface area contributed by atoms with Crippen molar-refractivity contribution in [3.8, 4) is 33.4 Å². The van der Waals surface area contributed by atoms with E-state index in [0.29, 0.717) is 16.7 Å². The number of esters is 1. The average Bonchev–Trinajstić information content (AvgIpc) is 3.21. The Kier molecular flexibility index (Phi) is 5.41. The number of hydrogen-bond acceptors (Lipinski definition) is 4. The molecular weight excluding hydrogens is 410 g/mol. The van der Waals surface area contributed by atoms with Gasteiger partial charge in [-0.05, 0) is 58.5 Å². The summed E-state index contributed by atoms with van der Waals surface area (Å²) < 4.78 is 10.7. The van der Waals surface area contributed by atoms with Gasteiger partial charge in [-0.25, -0.2) is 4.79 Å². The van der Waals surface area contributed by atoms with Crippen LogP contribution in [0.4, 0.5) is 5.69 Å². The van der Waals surface area contributed by atoms with Crippen LogP contribution in [-0.4, -0.2) is 12.6 Å². The van der Waals surface area contributed by atoms with Gasteiger partial charge in [-0.3, -0.25) is 0 Å². The number of hydrogen-bond donors (Lipinski definition) is 1. The third-order valence-corrected chi connectivity index (χ3v) is 5.71. The Morgan fingerprint density at radius 1 is 0.727 bits per heavy atom. The summed E-state index contributed by atoms with van der Waals surface area (Å²) >= 11 is 0. The van der Waals surface area contributed by atoms with E-state index >= 15 is 0 Å². The highest BCUT2D eigenvalue weighted by Gasteiger charge is 2.20. The number of furan rings is 1. The molecule has 4 aromatic carbocycles. The lowest BCUT2D eigenvalue weighted by Gasteiger charge is -2.08. The van der Waals surface area contributed by atoms with Gasteiger partial charge in [0, 0.05) is 5.39 Å². The van der Waals surface area contributed by atoms with Crippen LogP contribution in [-0.2, 0) is 4.74 Å². The highest BCUT2D eigenvalue weighted by Crippen LogP contribution is 2.34. The molecule has 1 aromatic heterocycles. The van der Waals surface area contributed by atoms with Crippen LogP contribution in [0, 0.1) is 0 Å². The molecule has 0 radical (unpaired) electrons. The van der Waals surface area contributed by atoms with Gasteiger partial charge < -0.3 is 14.9 Å². The normalized spacial score (nSPS) is 10.9. The van der Waals surface area contributed by atoms with E-state index in [-0.39, 0.29) is 12.4 Å². The third kappa shape index (κ3) is 3.99. The van der Waals surface area contributed by atoms with E-state index < -0.39 is 5.97 Å². The molecule has 0 aliphatic heterocycles. The minimum Gasteiger partial charge on any atom is -0.460 e. The van der Waals surface area contributed by atoms with Crippen molar-refractivity contribution in [3.63, 3.8) is 0 Å². The minimum atomic E-state index is -0.548. The van der Waals surface area contributed by atoms with Gasteiger partial charge in [-0.1, -0.05) is 78.9 Å². The molecule has 0 atom stereocenters. The number of fused-ring (bicyclic) bond motifs is 1. The predicted octanol–water partition coefficient (Wildman–Crippen LogP) is 7.19. The molecule has 0 bridgehead atoms. The van der Waals surface area contributed by atoms with Gasteiger partial charge in [0.15, 0.2) is 0 Å². The first-order valence-corrected chi connectivity index (χ1v) is 10.9. The fourth-order valence-electron chi connectivity index (χ4n) is 4.01. The summed E-state index contributed by atoms with van der Waals surface area (Å²) in [6, 6.07) is 33.0. The van der Waals surface area contributed by atoms with E-state index in [4.69, 9.17) is 14.9 Å². The lowest BCUT2D eigenvalue weighted by atomic mass is 9.96. The van der Waals surface area contributed by atoms with Crippen molar-refractivity contribution in [2.24, 2.45) is 0 Å². The second-order valence-electron chi connectivity index (χ2n) is 7.80. The lowest BCUT2D eigenvalue weighted by molar-refractivity contribution is 0.0494. The molecule has 0 fully saturated rings. The highest BCUT2D eigenvalue weighted by molar-refractivity contribution is 6.04. The van der Waals surface area contributed by atoms with Crippen molar-refractivity contribution >= 4 is 22.6 Å². The molecule has 0 saturated heterocycles. The zero-order valence-corrected chi connectivity index (χ0v) is 18.2. The number of ether oxygens (including phenoxy) is 1. The second-order valence-corrected chi connectivity index (χ2v) is 7.80. The van der Waals surface area contributed by atoms with Crippen molar-refractivity contribution in [2.75, 3.05) is 12.3 Å². The maximum Gasteiger partial charge on any atom is 0.376 e. The van der Waals surface area contributed by atoms with Gasteiger partial charge >= 0.3 is 5.97 Å². The number of nitrogens with two attached hydrogens (primary N) is 1. The quantitative estimate of drug-likeness (QED) is 0.298. The zero-order chi connectivity index (χ0) is 22.8. The van der Waals surface area contributed by atoms with Crippen molar-refractivity contribution in [1.29, 1.82) is 0 Å². The topological polar surface area (TPSA) is 65.5 Å². The van der Waals surface area contributed by atoms with Gasteiger partial charge in [-0.15, -0.1) is 0 Å². The molecule has 0 aliphatic carbocycles. The Hall–Kier alpha value is -4.31. The Balaban J connectivity index is 1.47. The van der Waals surface area contributed by atoms with E-state index in [9.17, 15) is 4.79 Å². The molecule has 0 saturated carbocycles. The Morgan fingerprint density at radius 3 is 1.97 bits per heavy atom. The Morgan fingerprint density at radius 2 is 1.27 bits per heavy atom. The zero-order valence-electron chi connectivity index (χ0n) is 18.2. The molecule has 5 rings (SSSR count). The van der Waals surface area contributed by atoms with Crippen LogP contribution >= 0.6 is 0 Å². The standard InChI is InChI=1S/C29H23NO3/c1-2-32-29(31)28-27(30)25-18-24(15-16-26(25)33-28)23-10-6-9-22(17-23)21-13-11-20(12-14-21)19-7-4-3-5-8-19/h3-18H,2,30H2,1H3. The van der Waals surface area contributed by atoms with Crippen molar-refractivity contribution in [2.45, 2.75) is 6.92 Å². The molecular formula is C29H23NO3. The van der Waals surface area contributed by atoms with Crippen LogP contribution in [0.1, 0.15) is 17.5 Å². The van der Waals surface area contributed by atoms with Crippen LogP contribution < -0.4 is 5.73 Å².